The smallest absolute Gasteiger partial charge is 0.00967 e. The molecule has 1 saturated carbocycles. The van der Waals surface area contributed by atoms with Gasteiger partial charge in [0, 0.05) is 24.7 Å². The van der Waals surface area contributed by atoms with Crippen LogP contribution in [0.4, 0.5) is 0 Å². The van der Waals surface area contributed by atoms with E-state index in [0.717, 1.165) is 12.6 Å². The summed E-state index contributed by atoms with van der Waals surface area (Å²) in [5, 5.41) is 3.69. The molecule has 1 fully saturated rings. The molecule has 0 radical (unpaired) electrons. The SMILES string of the molecule is CCCC(C)(CNC(C)(C)C)CN(C)C1CC1. The van der Waals surface area contributed by atoms with Gasteiger partial charge in [0.05, 0.1) is 0 Å². The molecule has 1 unspecified atom stereocenters. The molecule has 0 spiro atoms. The molecule has 0 bridgehead atoms. The summed E-state index contributed by atoms with van der Waals surface area (Å²) in [6.45, 7) is 13.9. The van der Waals surface area contributed by atoms with Crippen LogP contribution in [0.25, 0.3) is 0 Å². The van der Waals surface area contributed by atoms with Crippen molar-refractivity contribution in [2.24, 2.45) is 5.41 Å². The highest BCUT2D eigenvalue weighted by Gasteiger charge is 2.32. The second kappa shape index (κ2) is 5.71. The van der Waals surface area contributed by atoms with Crippen LogP contribution in [-0.4, -0.2) is 36.6 Å². The van der Waals surface area contributed by atoms with Crippen molar-refractivity contribution < 1.29 is 0 Å². The first-order valence-electron chi connectivity index (χ1n) is 7.21. The maximum Gasteiger partial charge on any atom is 0.00967 e. The van der Waals surface area contributed by atoms with Gasteiger partial charge in [0.1, 0.15) is 0 Å². The predicted octanol–water partition coefficient (Wildman–Crippen LogP) is 3.28. The van der Waals surface area contributed by atoms with E-state index in [2.05, 4.69) is 51.9 Å². The summed E-state index contributed by atoms with van der Waals surface area (Å²) in [6.07, 6.45) is 5.41. The first-order valence-corrected chi connectivity index (χ1v) is 7.21. The van der Waals surface area contributed by atoms with Gasteiger partial charge in [-0.2, -0.15) is 0 Å². The zero-order chi connectivity index (χ0) is 13.1. The molecule has 0 aromatic heterocycles. The standard InChI is InChI=1S/C15H32N2/c1-7-10-15(5,11-16-14(2,3)4)12-17(6)13-8-9-13/h13,16H,7-12H2,1-6H3. The van der Waals surface area contributed by atoms with Crippen LogP contribution in [0.15, 0.2) is 0 Å². The second-order valence-corrected chi connectivity index (χ2v) is 7.31. The van der Waals surface area contributed by atoms with Crippen molar-refractivity contribution in [2.75, 3.05) is 20.1 Å². The average Bonchev–Trinajstić information content (AvgIpc) is 2.97. The molecule has 1 N–H and O–H groups in total. The molecule has 1 rings (SSSR count). The van der Waals surface area contributed by atoms with Crippen molar-refractivity contribution in [3.8, 4) is 0 Å². The van der Waals surface area contributed by atoms with Gasteiger partial charge in [0.15, 0.2) is 0 Å². The summed E-state index contributed by atoms with van der Waals surface area (Å²) in [6, 6.07) is 0.876. The van der Waals surface area contributed by atoms with Gasteiger partial charge in [-0.3, -0.25) is 0 Å². The Labute approximate surface area is 108 Å². The fourth-order valence-electron chi connectivity index (χ4n) is 2.55. The lowest BCUT2D eigenvalue weighted by atomic mass is 9.84. The lowest BCUT2D eigenvalue weighted by Crippen LogP contribution is -2.47. The number of hydrogen-bond donors (Lipinski definition) is 1. The van der Waals surface area contributed by atoms with Crippen molar-refractivity contribution in [2.45, 2.75) is 71.9 Å². The van der Waals surface area contributed by atoms with Gasteiger partial charge in [-0.1, -0.05) is 20.3 Å². The molecule has 0 amide bonds. The normalized spacial score (nSPS) is 20.6. The van der Waals surface area contributed by atoms with Gasteiger partial charge in [0.2, 0.25) is 0 Å². The molecule has 1 aliphatic rings. The van der Waals surface area contributed by atoms with E-state index in [4.69, 9.17) is 0 Å². The topological polar surface area (TPSA) is 15.3 Å². The molecule has 17 heavy (non-hydrogen) atoms. The van der Waals surface area contributed by atoms with E-state index in [1.54, 1.807) is 0 Å². The van der Waals surface area contributed by atoms with E-state index in [1.807, 2.05) is 0 Å². The molecule has 0 aromatic rings. The first-order chi connectivity index (χ1) is 7.76. The van der Waals surface area contributed by atoms with Gasteiger partial charge in [-0.25, -0.2) is 0 Å². The molecular weight excluding hydrogens is 208 g/mol. The van der Waals surface area contributed by atoms with E-state index in [9.17, 15) is 0 Å². The molecule has 0 heterocycles. The Balaban J connectivity index is 2.47. The molecule has 0 aliphatic heterocycles. The lowest BCUT2D eigenvalue weighted by molar-refractivity contribution is 0.157. The third kappa shape index (κ3) is 5.87. The van der Waals surface area contributed by atoms with Crippen molar-refractivity contribution in [3.63, 3.8) is 0 Å². The van der Waals surface area contributed by atoms with Crippen molar-refractivity contribution in [1.82, 2.24) is 10.2 Å². The molecule has 2 nitrogen and oxygen atoms in total. The fraction of sp³-hybridized carbons (Fsp3) is 1.00. The molecule has 102 valence electrons. The maximum absolute atomic E-state index is 3.69. The molecule has 1 aliphatic carbocycles. The Morgan fingerprint density at radius 1 is 1.18 bits per heavy atom. The van der Waals surface area contributed by atoms with Crippen LogP contribution in [0.2, 0.25) is 0 Å². The minimum absolute atomic E-state index is 0.229. The zero-order valence-corrected chi connectivity index (χ0v) is 12.8. The predicted molar refractivity (Wildman–Crippen MR) is 76.4 cm³/mol. The minimum Gasteiger partial charge on any atom is -0.311 e. The summed E-state index contributed by atoms with van der Waals surface area (Å²) in [4.78, 5) is 2.57. The van der Waals surface area contributed by atoms with Gasteiger partial charge in [0.25, 0.3) is 0 Å². The summed E-state index contributed by atoms with van der Waals surface area (Å²) >= 11 is 0. The third-order valence-corrected chi connectivity index (χ3v) is 3.70. The second-order valence-electron chi connectivity index (χ2n) is 7.31. The number of nitrogens with one attached hydrogen (secondary N) is 1. The van der Waals surface area contributed by atoms with Crippen LogP contribution in [0.1, 0.15) is 60.3 Å². The summed E-state index contributed by atoms with van der Waals surface area (Å²) in [5.74, 6) is 0. The largest absolute Gasteiger partial charge is 0.311 e. The van der Waals surface area contributed by atoms with Crippen molar-refractivity contribution in [3.05, 3.63) is 0 Å². The van der Waals surface area contributed by atoms with E-state index in [0.29, 0.717) is 5.41 Å². The highest BCUT2D eigenvalue weighted by atomic mass is 15.2. The van der Waals surface area contributed by atoms with Crippen LogP contribution in [-0.2, 0) is 0 Å². The number of rotatable bonds is 7. The van der Waals surface area contributed by atoms with Gasteiger partial charge >= 0.3 is 0 Å². The molecule has 0 saturated heterocycles. The van der Waals surface area contributed by atoms with Crippen LogP contribution in [0, 0.1) is 5.41 Å². The molecule has 1 atom stereocenters. The summed E-state index contributed by atoms with van der Waals surface area (Å²) in [7, 11) is 2.29. The van der Waals surface area contributed by atoms with E-state index < -0.39 is 0 Å². The van der Waals surface area contributed by atoms with Crippen molar-refractivity contribution >= 4 is 0 Å². The summed E-state index contributed by atoms with van der Waals surface area (Å²) in [5.41, 5.74) is 0.645. The van der Waals surface area contributed by atoms with Crippen LogP contribution in [0.3, 0.4) is 0 Å². The molecular formula is C15H32N2. The quantitative estimate of drug-likeness (QED) is 0.735. The average molecular weight is 240 g/mol. The molecule has 2 heteroatoms. The Morgan fingerprint density at radius 2 is 1.76 bits per heavy atom. The van der Waals surface area contributed by atoms with E-state index in [-0.39, 0.29) is 5.54 Å². The van der Waals surface area contributed by atoms with Gasteiger partial charge in [-0.05, 0) is 52.5 Å². The summed E-state index contributed by atoms with van der Waals surface area (Å²) < 4.78 is 0. The fourth-order valence-corrected chi connectivity index (χ4v) is 2.55. The Kier molecular flexibility index (Phi) is 5.03. The van der Waals surface area contributed by atoms with Crippen LogP contribution >= 0.6 is 0 Å². The highest BCUT2D eigenvalue weighted by Crippen LogP contribution is 2.31. The third-order valence-electron chi connectivity index (χ3n) is 3.70. The van der Waals surface area contributed by atoms with Crippen LogP contribution < -0.4 is 5.32 Å². The highest BCUT2D eigenvalue weighted by molar-refractivity contribution is 4.89. The van der Waals surface area contributed by atoms with Gasteiger partial charge in [-0.15, -0.1) is 0 Å². The molecule has 0 aromatic carbocycles. The monoisotopic (exact) mass is 240 g/mol. The number of nitrogens with zero attached hydrogens (tertiary/aromatic N) is 1. The van der Waals surface area contributed by atoms with Gasteiger partial charge < -0.3 is 10.2 Å². The Hall–Kier alpha value is -0.0800. The van der Waals surface area contributed by atoms with E-state index in [1.165, 1.54) is 32.2 Å². The van der Waals surface area contributed by atoms with Crippen LogP contribution in [0.5, 0.6) is 0 Å². The lowest BCUT2D eigenvalue weighted by Gasteiger charge is -2.37. The Bertz CT molecular complexity index is 228. The van der Waals surface area contributed by atoms with Crippen molar-refractivity contribution in [1.29, 1.82) is 0 Å². The number of hydrogen-bond acceptors (Lipinski definition) is 2. The Morgan fingerprint density at radius 3 is 2.18 bits per heavy atom. The maximum atomic E-state index is 3.69. The first kappa shape index (κ1) is 15.0. The van der Waals surface area contributed by atoms with E-state index >= 15 is 0 Å². The zero-order valence-electron chi connectivity index (χ0n) is 12.8. The minimum atomic E-state index is 0.229.